The van der Waals surface area contributed by atoms with Gasteiger partial charge in [-0.15, -0.1) is 0 Å². The second-order valence-electron chi connectivity index (χ2n) is 4.44. The second-order valence-corrected chi connectivity index (χ2v) is 5.36. The zero-order valence-corrected chi connectivity index (χ0v) is 12.5. The summed E-state index contributed by atoms with van der Waals surface area (Å²) in [6, 6.07) is 14.5. The maximum atomic E-state index is 8.80. The Balaban J connectivity index is 2.04. The number of benzene rings is 2. The lowest BCUT2D eigenvalue weighted by Crippen LogP contribution is -1.93. The summed E-state index contributed by atoms with van der Waals surface area (Å²) in [5, 5.41) is 9.63. The number of nitrogens with zero attached hydrogens (tertiary/aromatic N) is 2. The zero-order chi connectivity index (χ0) is 14.8. The third-order valence-corrected chi connectivity index (χ3v) is 3.46. The van der Waals surface area contributed by atoms with Crippen molar-refractivity contribution in [2.24, 2.45) is 0 Å². The number of nitrogens with two attached hydrogens (primary N) is 1. The van der Waals surface area contributed by atoms with Gasteiger partial charge in [0.1, 0.15) is 11.3 Å². The second kappa shape index (κ2) is 5.43. The minimum atomic E-state index is 0.589. The van der Waals surface area contributed by atoms with E-state index in [9.17, 15) is 0 Å². The van der Waals surface area contributed by atoms with Crippen LogP contribution in [0, 0.1) is 11.3 Å². The summed E-state index contributed by atoms with van der Waals surface area (Å²) < 4.78 is 6.70. The summed E-state index contributed by atoms with van der Waals surface area (Å²) in [6.45, 7) is 0. The molecule has 0 unspecified atom stereocenters. The first kappa shape index (κ1) is 13.4. The highest BCUT2D eigenvalue weighted by atomic mass is 79.9. The Morgan fingerprint density at radius 1 is 1.14 bits per heavy atom. The van der Waals surface area contributed by atoms with E-state index < -0.39 is 0 Å². The molecule has 21 heavy (non-hydrogen) atoms. The van der Waals surface area contributed by atoms with Crippen LogP contribution in [0.3, 0.4) is 0 Å². The first-order chi connectivity index (χ1) is 10.2. The average Bonchev–Trinajstić information content (AvgIpc) is 2.51. The smallest absolute Gasteiger partial charge is 0.153 e. The first-order valence-electron chi connectivity index (χ1n) is 6.19. The fraction of sp³-hybridized carbons (Fsp3) is 0. The van der Waals surface area contributed by atoms with Crippen molar-refractivity contribution in [3.8, 4) is 17.6 Å². The number of pyridine rings is 1. The highest BCUT2D eigenvalue weighted by Crippen LogP contribution is 2.33. The lowest BCUT2D eigenvalue weighted by atomic mass is 10.1. The first-order valence-corrected chi connectivity index (χ1v) is 6.98. The van der Waals surface area contributed by atoms with E-state index >= 15 is 0 Å². The lowest BCUT2D eigenvalue weighted by molar-refractivity contribution is 0.487. The van der Waals surface area contributed by atoms with E-state index in [1.807, 2.05) is 6.07 Å². The van der Waals surface area contributed by atoms with Crippen LogP contribution < -0.4 is 10.5 Å². The van der Waals surface area contributed by atoms with Crippen LogP contribution in [0.4, 0.5) is 5.69 Å². The summed E-state index contributed by atoms with van der Waals surface area (Å²) >= 11 is 3.38. The quantitative estimate of drug-likeness (QED) is 0.708. The Labute approximate surface area is 129 Å². The number of anilines is 1. The van der Waals surface area contributed by atoms with Gasteiger partial charge in [0.25, 0.3) is 0 Å². The molecule has 5 heteroatoms. The van der Waals surface area contributed by atoms with Gasteiger partial charge in [0.15, 0.2) is 5.75 Å². The minimum Gasteiger partial charge on any atom is -0.455 e. The largest absolute Gasteiger partial charge is 0.455 e. The van der Waals surface area contributed by atoms with Crippen LogP contribution in [0.2, 0.25) is 0 Å². The van der Waals surface area contributed by atoms with Crippen molar-refractivity contribution in [3.05, 3.63) is 58.7 Å². The number of nitriles is 1. The molecule has 0 aliphatic heterocycles. The van der Waals surface area contributed by atoms with E-state index in [-0.39, 0.29) is 0 Å². The van der Waals surface area contributed by atoms with E-state index in [4.69, 9.17) is 15.7 Å². The van der Waals surface area contributed by atoms with Gasteiger partial charge in [-0.2, -0.15) is 5.26 Å². The molecule has 0 amide bonds. The topological polar surface area (TPSA) is 71.9 Å². The minimum absolute atomic E-state index is 0.589. The molecule has 0 radical (unpaired) electrons. The van der Waals surface area contributed by atoms with E-state index in [0.29, 0.717) is 28.3 Å². The summed E-state index contributed by atoms with van der Waals surface area (Å²) in [5.74, 6) is 1.26. The van der Waals surface area contributed by atoms with Crippen molar-refractivity contribution in [2.75, 3.05) is 5.73 Å². The number of halogens is 1. The van der Waals surface area contributed by atoms with Gasteiger partial charge in [-0.25, -0.2) is 0 Å². The molecule has 0 atom stereocenters. The van der Waals surface area contributed by atoms with Gasteiger partial charge in [-0.05, 0) is 58.4 Å². The molecule has 0 bridgehead atoms. The van der Waals surface area contributed by atoms with Crippen LogP contribution in [0.5, 0.6) is 11.5 Å². The van der Waals surface area contributed by atoms with Crippen LogP contribution in [0.25, 0.3) is 10.9 Å². The van der Waals surface area contributed by atoms with E-state index in [2.05, 4.69) is 27.0 Å². The molecule has 0 spiro atoms. The van der Waals surface area contributed by atoms with Crippen molar-refractivity contribution in [3.63, 3.8) is 0 Å². The SMILES string of the molecule is N#Cc1ccc(Oc2ccc(N)c3cc(Br)cnc23)cc1. The molecule has 2 aromatic carbocycles. The average molecular weight is 340 g/mol. The Morgan fingerprint density at radius 2 is 1.90 bits per heavy atom. The highest BCUT2D eigenvalue weighted by Gasteiger charge is 2.08. The lowest BCUT2D eigenvalue weighted by Gasteiger charge is -2.10. The van der Waals surface area contributed by atoms with Gasteiger partial charge >= 0.3 is 0 Å². The van der Waals surface area contributed by atoms with Crippen molar-refractivity contribution < 1.29 is 4.74 Å². The standard InChI is InChI=1S/C16H10BrN3O/c17-11-7-13-14(19)5-6-15(16(13)20-9-11)21-12-3-1-10(8-18)2-4-12/h1-7,9H,19H2. The fourth-order valence-electron chi connectivity index (χ4n) is 2.00. The number of rotatable bonds is 2. The van der Waals surface area contributed by atoms with Gasteiger partial charge in [0, 0.05) is 21.7 Å². The van der Waals surface area contributed by atoms with E-state index in [1.54, 1.807) is 42.6 Å². The molecule has 102 valence electrons. The molecule has 0 saturated heterocycles. The molecule has 3 rings (SSSR count). The Kier molecular flexibility index (Phi) is 3.46. The molecular weight excluding hydrogens is 330 g/mol. The van der Waals surface area contributed by atoms with Crippen molar-refractivity contribution in [2.45, 2.75) is 0 Å². The highest BCUT2D eigenvalue weighted by molar-refractivity contribution is 9.10. The van der Waals surface area contributed by atoms with Crippen LogP contribution in [-0.2, 0) is 0 Å². The molecule has 0 aliphatic rings. The van der Waals surface area contributed by atoms with Crippen LogP contribution in [0.15, 0.2) is 53.1 Å². The number of aromatic nitrogens is 1. The van der Waals surface area contributed by atoms with Crippen molar-refractivity contribution in [1.82, 2.24) is 4.98 Å². The molecular formula is C16H10BrN3O. The monoisotopic (exact) mass is 339 g/mol. The molecule has 4 nitrogen and oxygen atoms in total. The number of nitrogen functional groups attached to an aromatic ring is 1. The molecule has 3 aromatic rings. The molecule has 0 fully saturated rings. The van der Waals surface area contributed by atoms with Crippen molar-refractivity contribution >= 4 is 32.5 Å². The van der Waals surface area contributed by atoms with E-state index in [0.717, 1.165) is 9.86 Å². The zero-order valence-electron chi connectivity index (χ0n) is 10.9. The third-order valence-electron chi connectivity index (χ3n) is 3.02. The van der Waals surface area contributed by atoms with Gasteiger partial charge in [-0.1, -0.05) is 0 Å². The molecule has 0 aliphatic carbocycles. The summed E-state index contributed by atoms with van der Waals surface area (Å²) in [7, 11) is 0. The Bertz CT molecular complexity index is 854. The van der Waals surface area contributed by atoms with Crippen molar-refractivity contribution in [1.29, 1.82) is 5.26 Å². The van der Waals surface area contributed by atoms with Crippen LogP contribution in [-0.4, -0.2) is 4.98 Å². The summed E-state index contributed by atoms with van der Waals surface area (Å²) in [5.41, 5.74) is 7.90. The predicted octanol–water partition coefficient (Wildman–Crippen LogP) is 4.24. The fourth-order valence-corrected chi connectivity index (χ4v) is 2.33. The predicted molar refractivity (Wildman–Crippen MR) is 85.1 cm³/mol. The van der Waals surface area contributed by atoms with Gasteiger partial charge < -0.3 is 10.5 Å². The number of hydrogen-bond acceptors (Lipinski definition) is 4. The number of ether oxygens (including phenoxy) is 1. The summed E-state index contributed by atoms with van der Waals surface area (Å²) in [4.78, 5) is 4.37. The third kappa shape index (κ3) is 2.67. The van der Waals surface area contributed by atoms with Crippen LogP contribution in [0.1, 0.15) is 5.56 Å². The maximum Gasteiger partial charge on any atom is 0.153 e. The Hall–Kier alpha value is -2.58. The summed E-state index contributed by atoms with van der Waals surface area (Å²) in [6.07, 6.45) is 1.70. The van der Waals surface area contributed by atoms with Gasteiger partial charge in [0.2, 0.25) is 0 Å². The van der Waals surface area contributed by atoms with Crippen LogP contribution >= 0.6 is 15.9 Å². The molecule has 1 heterocycles. The maximum absolute atomic E-state index is 8.80. The molecule has 1 aromatic heterocycles. The number of hydrogen-bond donors (Lipinski definition) is 1. The molecule has 0 saturated carbocycles. The number of fused-ring (bicyclic) bond motifs is 1. The van der Waals surface area contributed by atoms with Gasteiger partial charge in [-0.3, -0.25) is 4.98 Å². The molecule has 2 N–H and O–H groups in total. The Morgan fingerprint density at radius 3 is 2.62 bits per heavy atom. The van der Waals surface area contributed by atoms with E-state index in [1.165, 1.54) is 0 Å². The normalized spacial score (nSPS) is 10.3. The van der Waals surface area contributed by atoms with Gasteiger partial charge in [0.05, 0.1) is 11.6 Å².